The molecule has 0 heterocycles. The molecule has 0 spiro atoms. The normalized spacial score (nSPS) is 9.80. The van der Waals surface area contributed by atoms with E-state index in [0.29, 0.717) is 0 Å². The molecule has 2 rings (SSSR count). The van der Waals surface area contributed by atoms with Crippen LogP contribution < -0.4 is 4.74 Å². The molecule has 0 fully saturated rings. The lowest BCUT2D eigenvalue weighted by Gasteiger charge is -2.08. The maximum absolute atomic E-state index is 11.0. The van der Waals surface area contributed by atoms with Crippen LogP contribution in [0.5, 0.6) is 5.75 Å². The van der Waals surface area contributed by atoms with E-state index in [1.807, 2.05) is 30.3 Å². The van der Waals surface area contributed by atoms with Gasteiger partial charge >= 0.3 is 5.69 Å². The van der Waals surface area contributed by atoms with Gasteiger partial charge in [-0.1, -0.05) is 34.1 Å². The molecular formula is C14H9BrN2O3. The van der Waals surface area contributed by atoms with Crippen molar-refractivity contribution in [1.29, 1.82) is 5.26 Å². The van der Waals surface area contributed by atoms with Crippen molar-refractivity contribution in [1.82, 2.24) is 0 Å². The third-order valence-corrected chi connectivity index (χ3v) is 3.40. The average molecular weight is 333 g/mol. The van der Waals surface area contributed by atoms with E-state index in [1.54, 1.807) is 0 Å². The Morgan fingerprint density at radius 1 is 1.30 bits per heavy atom. The van der Waals surface area contributed by atoms with Crippen LogP contribution in [0.15, 0.2) is 46.9 Å². The number of nitrogens with zero attached hydrogens (tertiary/aromatic N) is 2. The topological polar surface area (TPSA) is 76.2 Å². The fourth-order valence-electron chi connectivity index (χ4n) is 1.62. The van der Waals surface area contributed by atoms with Gasteiger partial charge in [-0.25, -0.2) is 0 Å². The summed E-state index contributed by atoms with van der Waals surface area (Å²) in [4.78, 5) is 10.4. The first-order valence-electron chi connectivity index (χ1n) is 5.66. The van der Waals surface area contributed by atoms with Crippen LogP contribution in [0.4, 0.5) is 5.69 Å². The van der Waals surface area contributed by atoms with Crippen molar-refractivity contribution in [2.75, 3.05) is 0 Å². The number of rotatable bonds is 4. The van der Waals surface area contributed by atoms with Gasteiger partial charge in [0.25, 0.3) is 0 Å². The maximum atomic E-state index is 11.0. The van der Waals surface area contributed by atoms with Gasteiger partial charge in [-0.2, -0.15) is 5.26 Å². The number of nitro benzene ring substituents is 1. The molecular weight excluding hydrogens is 324 g/mol. The Morgan fingerprint density at radius 2 is 2.05 bits per heavy atom. The number of nitriles is 1. The third-order valence-electron chi connectivity index (χ3n) is 2.63. The van der Waals surface area contributed by atoms with Crippen molar-refractivity contribution in [2.24, 2.45) is 0 Å². The minimum absolute atomic E-state index is 0.143. The fourth-order valence-corrected chi connectivity index (χ4v) is 2.02. The van der Waals surface area contributed by atoms with Crippen LogP contribution in [0, 0.1) is 21.4 Å². The Morgan fingerprint density at radius 3 is 2.70 bits per heavy atom. The molecule has 0 saturated carbocycles. The summed E-state index contributed by atoms with van der Waals surface area (Å²) >= 11 is 3.38. The molecule has 0 unspecified atom stereocenters. The molecule has 5 nitrogen and oxygen atoms in total. The van der Waals surface area contributed by atoms with Crippen LogP contribution in [0.2, 0.25) is 0 Å². The Kier molecular flexibility index (Phi) is 4.33. The van der Waals surface area contributed by atoms with E-state index in [-0.39, 0.29) is 23.6 Å². The molecule has 0 bridgehead atoms. The van der Waals surface area contributed by atoms with Gasteiger partial charge < -0.3 is 4.74 Å². The van der Waals surface area contributed by atoms with Gasteiger partial charge in [0, 0.05) is 16.1 Å². The van der Waals surface area contributed by atoms with Gasteiger partial charge in [-0.15, -0.1) is 0 Å². The Hall–Kier alpha value is -2.39. The fraction of sp³-hybridized carbons (Fsp3) is 0.0714. The molecule has 0 aliphatic carbocycles. The molecule has 0 amide bonds. The zero-order chi connectivity index (χ0) is 14.5. The molecule has 6 heteroatoms. The number of hydrogen-bond acceptors (Lipinski definition) is 4. The van der Waals surface area contributed by atoms with E-state index in [4.69, 9.17) is 10.00 Å². The van der Waals surface area contributed by atoms with Crippen LogP contribution in [0.3, 0.4) is 0 Å². The van der Waals surface area contributed by atoms with Crippen molar-refractivity contribution in [2.45, 2.75) is 6.61 Å². The molecule has 2 aromatic carbocycles. The van der Waals surface area contributed by atoms with Crippen LogP contribution >= 0.6 is 15.9 Å². The highest BCUT2D eigenvalue weighted by Crippen LogP contribution is 2.29. The van der Waals surface area contributed by atoms with E-state index >= 15 is 0 Å². The molecule has 0 aromatic heterocycles. The van der Waals surface area contributed by atoms with E-state index in [1.165, 1.54) is 18.2 Å². The number of hydrogen-bond donors (Lipinski definition) is 0. The van der Waals surface area contributed by atoms with Crippen molar-refractivity contribution >= 4 is 21.6 Å². The molecule has 0 saturated heterocycles. The first kappa shape index (κ1) is 14.0. The monoisotopic (exact) mass is 332 g/mol. The summed E-state index contributed by atoms with van der Waals surface area (Å²) in [6, 6.07) is 13.5. The number of nitro groups is 1. The van der Waals surface area contributed by atoms with Crippen molar-refractivity contribution in [3.8, 4) is 11.8 Å². The SMILES string of the molecule is N#Cc1ccc(OCc2ccccc2Br)c([N+](=O)[O-])c1. The van der Waals surface area contributed by atoms with Gasteiger partial charge in [-0.3, -0.25) is 10.1 Å². The summed E-state index contributed by atoms with van der Waals surface area (Å²) in [5.74, 6) is 0.143. The lowest BCUT2D eigenvalue weighted by molar-refractivity contribution is -0.386. The quantitative estimate of drug-likeness (QED) is 0.630. The van der Waals surface area contributed by atoms with Crippen molar-refractivity contribution in [3.05, 3.63) is 68.2 Å². The Balaban J connectivity index is 2.24. The summed E-state index contributed by atoms with van der Waals surface area (Å²) in [7, 11) is 0. The molecule has 100 valence electrons. The summed E-state index contributed by atoms with van der Waals surface area (Å²) in [6.45, 7) is 0.203. The lowest BCUT2D eigenvalue weighted by Crippen LogP contribution is -2.00. The summed E-state index contributed by atoms with van der Waals surface area (Å²) in [5.41, 5.74) is 0.896. The summed E-state index contributed by atoms with van der Waals surface area (Å²) < 4.78 is 6.36. The van der Waals surface area contributed by atoms with Crippen molar-refractivity contribution < 1.29 is 9.66 Å². The van der Waals surface area contributed by atoms with Gasteiger partial charge in [0.1, 0.15) is 6.61 Å². The highest BCUT2D eigenvalue weighted by molar-refractivity contribution is 9.10. The highest BCUT2D eigenvalue weighted by Gasteiger charge is 2.16. The zero-order valence-electron chi connectivity index (χ0n) is 10.2. The smallest absolute Gasteiger partial charge is 0.312 e. The molecule has 20 heavy (non-hydrogen) atoms. The first-order valence-corrected chi connectivity index (χ1v) is 6.46. The molecule has 0 aliphatic rings. The predicted molar refractivity (Wildman–Crippen MR) is 76.3 cm³/mol. The van der Waals surface area contributed by atoms with Crippen LogP contribution in [0.25, 0.3) is 0 Å². The molecule has 0 radical (unpaired) electrons. The predicted octanol–water partition coefficient (Wildman–Crippen LogP) is 3.81. The minimum Gasteiger partial charge on any atom is -0.482 e. The molecule has 0 atom stereocenters. The molecule has 0 N–H and O–H groups in total. The third kappa shape index (κ3) is 3.13. The summed E-state index contributed by atoms with van der Waals surface area (Å²) in [5, 5.41) is 19.7. The Bertz CT molecular complexity index is 695. The van der Waals surface area contributed by atoms with E-state index in [9.17, 15) is 10.1 Å². The van der Waals surface area contributed by atoms with E-state index in [0.717, 1.165) is 10.0 Å². The van der Waals surface area contributed by atoms with Gasteiger partial charge in [0.05, 0.1) is 16.6 Å². The van der Waals surface area contributed by atoms with Crippen molar-refractivity contribution in [3.63, 3.8) is 0 Å². The number of halogens is 1. The molecule has 2 aromatic rings. The first-order chi connectivity index (χ1) is 9.61. The van der Waals surface area contributed by atoms with Crippen LogP contribution in [-0.4, -0.2) is 4.92 Å². The van der Waals surface area contributed by atoms with Gasteiger partial charge in [0.15, 0.2) is 5.75 Å². The molecule has 0 aliphatic heterocycles. The van der Waals surface area contributed by atoms with Gasteiger partial charge in [0.2, 0.25) is 0 Å². The second kappa shape index (κ2) is 6.17. The summed E-state index contributed by atoms with van der Waals surface area (Å²) in [6.07, 6.45) is 0. The van der Waals surface area contributed by atoms with Gasteiger partial charge in [-0.05, 0) is 18.2 Å². The largest absolute Gasteiger partial charge is 0.482 e. The second-order valence-corrected chi connectivity index (χ2v) is 4.79. The van der Waals surface area contributed by atoms with Crippen LogP contribution in [0.1, 0.15) is 11.1 Å². The number of benzene rings is 2. The van der Waals surface area contributed by atoms with E-state index in [2.05, 4.69) is 15.9 Å². The highest BCUT2D eigenvalue weighted by atomic mass is 79.9. The lowest BCUT2D eigenvalue weighted by atomic mass is 10.2. The zero-order valence-corrected chi connectivity index (χ0v) is 11.8. The number of ether oxygens (including phenoxy) is 1. The maximum Gasteiger partial charge on any atom is 0.312 e. The standard InChI is InChI=1S/C14H9BrN2O3/c15-12-4-2-1-3-11(12)9-20-14-6-5-10(8-16)7-13(14)17(18)19/h1-7H,9H2. The average Bonchev–Trinajstić information content (AvgIpc) is 2.46. The Labute approximate surface area is 123 Å². The second-order valence-electron chi connectivity index (χ2n) is 3.93. The van der Waals surface area contributed by atoms with Crippen LogP contribution in [-0.2, 0) is 6.61 Å². The van der Waals surface area contributed by atoms with E-state index < -0.39 is 4.92 Å². The minimum atomic E-state index is -0.559.